The average Bonchev–Trinajstić information content (AvgIpc) is 2.88. The van der Waals surface area contributed by atoms with Gasteiger partial charge in [0, 0.05) is 31.5 Å². The van der Waals surface area contributed by atoms with Gasteiger partial charge in [-0.2, -0.15) is 0 Å². The number of carbonyl (C=O) groups is 2. The van der Waals surface area contributed by atoms with Crippen LogP contribution in [0.5, 0.6) is 0 Å². The second-order valence-electron chi connectivity index (χ2n) is 8.36. The summed E-state index contributed by atoms with van der Waals surface area (Å²) in [5.74, 6) is -0.967. The molecule has 2 heterocycles. The van der Waals surface area contributed by atoms with Gasteiger partial charge >= 0.3 is 12.0 Å². The van der Waals surface area contributed by atoms with Gasteiger partial charge in [0.25, 0.3) is 0 Å². The number of hydrogen-bond acceptors (Lipinski definition) is 3. The van der Waals surface area contributed by atoms with Gasteiger partial charge in [-0.1, -0.05) is 40.2 Å². The number of pyridine rings is 1. The van der Waals surface area contributed by atoms with Gasteiger partial charge in [0.1, 0.15) is 6.04 Å². The summed E-state index contributed by atoms with van der Waals surface area (Å²) >= 11 is 0. The van der Waals surface area contributed by atoms with Gasteiger partial charge in [0.15, 0.2) is 0 Å². The molecule has 26 heavy (non-hydrogen) atoms. The van der Waals surface area contributed by atoms with Crippen molar-refractivity contribution in [3.8, 4) is 0 Å². The molecule has 0 aromatic carbocycles. The maximum atomic E-state index is 12.9. The predicted molar refractivity (Wildman–Crippen MR) is 101 cm³/mol. The summed E-state index contributed by atoms with van der Waals surface area (Å²) in [6.45, 7) is 11.7. The lowest BCUT2D eigenvalue weighted by Crippen LogP contribution is -2.48. The standard InChI is InChI=1S/C20H31N3O3/c1-6-15(12-20(3,4)5)17(18(24)25)23-11-10-22(19(23)26)13-16-8-7-9-21-14(16)2/h7-9,15,17H,6,10-13H2,1-5H3,(H,24,25)/t15-,17-/m0/s1. The molecule has 1 saturated heterocycles. The van der Waals surface area contributed by atoms with Crippen LogP contribution in [0.1, 0.15) is 51.8 Å². The number of carboxylic acids is 1. The SMILES string of the molecule is CC[C@@H](CC(C)(C)C)[C@@H](C(=O)O)N1CCN(Cc2cccnc2C)C1=O. The smallest absolute Gasteiger partial charge is 0.326 e. The number of aliphatic carboxylic acids is 1. The highest BCUT2D eigenvalue weighted by atomic mass is 16.4. The minimum Gasteiger partial charge on any atom is -0.480 e. The van der Waals surface area contributed by atoms with Crippen molar-refractivity contribution in [3.05, 3.63) is 29.6 Å². The minimum atomic E-state index is -0.908. The van der Waals surface area contributed by atoms with Gasteiger partial charge in [0.05, 0.1) is 0 Å². The summed E-state index contributed by atoms with van der Waals surface area (Å²) in [5.41, 5.74) is 1.91. The van der Waals surface area contributed by atoms with E-state index in [0.717, 1.165) is 24.1 Å². The van der Waals surface area contributed by atoms with Crippen LogP contribution in [0.3, 0.4) is 0 Å². The first-order chi connectivity index (χ1) is 12.1. The molecule has 1 aromatic rings. The fourth-order valence-electron chi connectivity index (χ4n) is 3.75. The molecule has 0 saturated carbocycles. The fraction of sp³-hybridized carbons (Fsp3) is 0.650. The lowest BCUT2D eigenvalue weighted by Gasteiger charge is -2.34. The Kier molecular flexibility index (Phi) is 6.26. The molecular weight excluding hydrogens is 330 g/mol. The van der Waals surface area contributed by atoms with Crippen LogP contribution in [0.4, 0.5) is 4.79 Å². The number of urea groups is 1. The van der Waals surface area contributed by atoms with E-state index in [1.54, 1.807) is 16.0 Å². The monoisotopic (exact) mass is 361 g/mol. The van der Waals surface area contributed by atoms with E-state index in [0.29, 0.717) is 19.6 Å². The molecule has 1 fully saturated rings. The van der Waals surface area contributed by atoms with Crippen molar-refractivity contribution in [1.82, 2.24) is 14.8 Å². The van der Waals surface area contributed by atoms with E-state index in [-0.39, 0.29) is 17.4 Å². The van der Waals surface area contributed by atoms with E-state index >= 15 is 0 Å². The van der Waals surface area contributed by atoms with Gasteiger partial charge in [-0.3, -0.25) is 4.98 Å². The number of aryl methyl sites for hydroxylation is 1. The second-order valence-corrected chi connectivity index (χ2v) is 8.36. The summed E-state index contributed by atoms with van der Waals surface area (Å²) < 4.78 is 0. The number of nitrogens with zero attached hydrogens (tertiary/aromatic N) is 3. The van der Waals surface area contributed by atoms with Crippen molar-refractivity contribution in [2.24, 2.45) is 11.3 Å². The van der Waals surface area contributed by atoms with Crippen LogP contribution in [0.15, 0.2) is 18.3 Å². The molecular formula is C20H31N3O3. The summed E-state index contributed by atoms with van der Waals surface area (Å²) in [7, 11) is 0. The summed E-state index contributed by atoms with van der Waals surface area (Å²) in [6.07, 6.45) is 3.24. The molecule has 6 heteroatoms. The van der Waals surface area contributed by atoms with E-state index in [2.05, 4.69) is 25.8 Å². The van der Waals surface area contributed by atoms with Crippen molar-refractivity contribution in [3.63, 3.8) is 0 Å². The number of carboxylic acid groups (broad SMARTS) is 1. The van der Waals surface area contributed by atoms with Crippen LogP contribution < -0.4 is 0 Å². The Labute approximate surface area is 156 Å². The van der Waals surface area contributed by atoms with Crippen LogP contribution >= 0.6 is 0 Å². The Balaban J connectivity index is 2.17. The zero-order valence-corrected chi connectivity index (χ0v) is 16.5. The highest BCUT2D eigenvalue weighted by molar-refractivity contribution is 5.84. The molecule has 1 aliphatic rings. The first kappa shape index (κ1) is 20.2. The third-order valence-corrected chi connectivity index (χ3v) is 5.04. The number of rotatable bonds is 7. The molecule has 0 spiro atoms. The molecule has 0 radical (unpaired) electrons. The second kappa shape index (κ2) is 8.06. The molecule has 1 N–H and O–H groups in total. The third-order valence-electron chi connectivity index (χ3n) is 5.04. The maximum absolute atomic E-state index is 12.9. The highest BCUT2D eigenvalue weighted by Gasteiger charge is 2.42. The zero-order valence-electron chi connectivity index (χ0n) is 16.5. The molecule has 144 valence electrons. The predicted octanol–water partition coefficient (Wildman–Crippen LogP) is 3.54. The van der Waals surface area contributed by atoms with Crippen LogP contribution in [0, 0.1) is 18.3 Å². The lowest BCUT2D eigenvalue weighted by molar-refractivity contribution is -0.144. The molecule has 2 atom stereocenters. The molecule has 1 aromatic heterocycles. The van der Waals surface area contributed by atoms with Crippen LogP contribution in [-0.4, -0.2) is 51.0 Å². The molecule has 6 nitrogen and oxygen atoms in total. The van der Waals surface area contributed by atoms with Gasteiger partial charge in [0.2, 0.25) is 0 Å². The normalized spacial score (nSPS) is 17.5. The molecule has 0 unspecified atom stereocenters. The van der Waals surface area contributed by atoms with Gasteiger partial charge < -0.3 is 14.9 Å². The van der Waals surface area contributed by atoms with E-state index in [1.807, 2.05) is 26.0 Å². The third kappa shape index (κ3) is 4.74. The topological polar surface area (TPSA) is 73.7 Å². The summed E-state index contributed by atoms with van der Waals surface area (Å²) in [6, 6.07) is 2.86. The van der Waals surface area contributed by atoms with Crippen molar-refractivity contribution in [1.29, 1.82) is 0 Å². The van der Waals surface area contributed by atoms with Crippen LogP contribution in [-0.2, 0) is 11.3 Å². The van der Waals surface area contributed by atoms with E-state index in [4.69, 9.17) is 0 Å². The maximum Gasteiger partial charge on any atom is 0.326 e. The fourth-order valence-corrected chi connectivity index (χ4v) is 3.75. The van der Waals surface area contributed by atoms with Gasteiger partial charge in [-0.15, -0.1) is 0 Å². The van der Waals surface area contributed by atoms with Crippen LogP contribution in [0.2, 0.25) is 0 Å². The Bertz CT molecular complexity index is 654. The Morgan fingerprint density at radius 3 is 2.58 bits per heavy atom. The average molecular weight is 361 g/mol. The van der Waals surface area contributed by atoms with E-state index in [1.165, 1.54) is 0 Å². The largest absolute Gasteiger partial charge is 0.480 e. The van der Waals surface area contributed by atoms with Crippen LogP contribution in [0.25, 0.3) is 0 Å². The molecule has 1 aliphatic heterocycles. The zero-order chi connectivity index (χ0) is 19.5. The van der Waals surface area contributed by atoms with Crippen molar-refractivity contribution >= 4 is 12.0 Å². The lowest BCUT2D eigenvalue weighted by atomic mass is 9.79. The minimum absolute atomic E-state index is 0.0175. The Hall–Kier alpha value is -2.11. The molecule has 2 amide bonds. The van der Waals surface area contributed by atoms with Gasteiger partial charge in [-0.05, 0) is 36.3 Å². The van der Waals surface area contributed by atoms with Crippen molar-refractivity contribution in [2.45, 2.75) is 60.0 Å². The number of aromatic nitrogens is 1. The van der Waals surface area contributed by atoms with Gasteiger partial charge in [-0.25, -0.2) is 9.59 Å². The van der Waals surface area contributed by atoms with Crippen molar-refractivity contribution in [2.75, 3.05) is 13.1 Å². The Morgan fingerprint density at radius 2 is 2.04 bits per heavy atom. The molecule has 2 rings (SSSR count). The highest BCUT2D eigenvalue weighted by Crippen LogP contribution is 2.32. The number of carbonyl (C=O) groups excluding carboxylic acids is 1. The Morgan fingerprint density at radius 1 is 1.35 bits per heavy atom. The summed E-state index contributed by atoms with van der Waals surface area (Å²) in [4.78, 5) is 32.5. The van der Waals surface area contributed by atoms with E-state index < -0.39 is 12.0 Å². The first-order valence-electron chi connectivity index (χ1n) is 9.33. The van der Waals surface area contributed by atoms with Crippen molar-refractivity contribution < 1.29 is 14.7 Å². The molecule has 0 bridgehead atoms. The summed E-state index contributed by atoms with van der Waals surface area (Å²) in [5, 5.41) is 9.85. The number of amides is 2. The quantitative estimate of drug-likeness (QED) is 0.806. The molecule has 0 aliphatic carbocycles. The number of hydrogen-bond donors (Lipinski definition) is 1. The van der Waals surface area contributed by atoms with E-state index in [9.17, 15) is 14.7 Å². The first-order valence-corrected chi connectivity index (χ1v) is 9.33.